The summed E-state index contributed by atoms with van der Waals surface area (Å²) in [5.74, 6) is 0.854. The molecule has 1 fully saturated rings. The predicted octanol–water partition coefficient (Wildman–Crippen LogP) is 4.82. The molecule has 0 saturated carbocycles. The molecule has 0 spiro atoms. The van der Waals surface area contributed by atoms with Crippen molar-refractivity contribution < 1.29 is 14.1 Å². The summed E-state index contributed by atoms with van der Waals surface area (Å²) >= 11 is 5.96. The Morgan fingerprint density at radius 2 is 1.97 bits per heavy atom. The molecule has 1 aliphatic rings. The van der Waals surface area contributed by atoms with Gasteiger partial charge in [-0.15, -0.1) is 0 Å². The summed E-state index contributed by atoms with van der Waals surface area (Å²) in [6.07, 6.45) is 3.94. The molecule has 194 valence electrons. The van der Waals surface area contributed by atoms with Crippen molar-refractivity contribution in [3.05, 3.63) is 69.0 Å². The number of aromatic nitrogens is 5. The van der Waals surface area contributed by atoms with Crippen molar-refractivity contribution >= 4 is 23.3 Å². The molecule has 0 bridgehead atoms. The number of ether oxygens (including phenoxy) is 1. The number of fused-ring (bicyclic) bond motifs is 1. The second kappa shape index (κ2) is 10.0. The quantitative estimate of drug-likeness (QED) is 0.384. The molecular weight excluding hydrogens is 496 g/mol. The Bertz CT molecular complexity index is 1460. The first kappa shape index (κ1) is 25.0. The van der Waals surface area contributed by atoms with E-state index in [0.717, 1.165) is 17.7 Å². The van der Waals surface area contributed by atoms with Crippen LogP contribution in [-0.4, -0.2) is 54.4 Å². The number of rotatable bonds is 6. The highest BCUT2D eigenvalue weighted by molar-refractivity contribution is 6.30. The lowest BCUT2D eigenvalue weighted by Gasteiger charge is -2.34. The molecule has 1 aromatic carbocycles. The molecule has 3 aromatic heterocycles. The van der Waals surface area contributed by atoms with Crippen LogP contribution in [-0.2, 0) is 11.2 Å². The lowest BCUT2D eigenvalue weighted by atomic mass is 9.93. The molecule has 1 amide bonds. The molecule has 1 saturated heterocycles. The zero-order chi connectivity index (χ0) is 26.2. The van der Waals surface area contributed by atoms with E-state index in [-0.39, 0.29) is 23.5 Å². The summed E-state index contributed by atoms with van der Waals surface area (Å²) in [5, 5.41) is 9.28. The summed E-state index contributed by atoms with van der Waals surface area (Å²) in [5.41, 5.74) is 2.10. The lowest BCUT2D eigenvalue weighted by molar-refractivity contribution is 0.00740. The Morgan fingerprint density at radius 3 is 2.68 bits per heavy atom. The van der Waals surface area contributed by atoms with Crippen molar-refractivity contribution in [1.82, 2.24) is 29.6 Å². The van der Waals surface area contributed by atoms with E-state index in [9.17, 15) is 9.59 Å². The van der Waals surface area contributed by atoms with Crippen LogP contribution in [0.2, 0.25) is 5.02 Å². The Morgan fingerprint density at radius 1 is 1.24 bits per heavy atom. The van der Waals surface area contributed by atoms with E-state index in [1.165, 1.54) is 0 Å². The first-order valence-electron chi connectivity index (χ1n) is 12.4. The number of amides is 1. The fraction of sp³-hybridized carbons (Fsp3) is 0.423. The minimum absolute atomic E-state index is 0.0592. The van der Waals surface area contributed by atoms with E-state index in [0.29, 0.717) is 54.4 Å². The van der Waals surface area contributed by atoms with Crippen LogP contribution >= 0.6 is 11.6 Å². The standard InChI is InChI=1S/C26H29ClN6O4/c1-4-26(2,3)36-25(35)32-11-9-17(10-12-32)20-14-22(34)30-23-19(15-28-33(20)23)24-29-21(31-37-24)13-16-5-7-18(27)8-6-16/h5-8,14-15,17H,4,9-13H2,1-3H3,(H,30,34). The smallest absolute Gasteiger partial charge is 0.410 e. The minimum atomic E-state index is -0.498. The third-order valence-electron chi connectivity index (χ3n) is 6.89. The zero-order valence-electron chi connectivity index (χ0n) is 21.0. The maximum atomic E-state index is 12.6. The van der Waals surface area contributed by atoms with Gasteiger partial charge in [-0.1, -0.05) is 35.8 Å². The van der Waals surface area contributed by atoms with Crippen molar-refractivity contribution in [2.24, 2.45) is 0 Å². The third-order valence-corrected chi connectivity index (χ3v) is 7.15. The average molecular weight is 525 g/mol. The fourth-order valence-corrected chi connectivity index (χ4v) is 4.54. The van der Waals surface area contributed by atoms with Gasteiger partial charge in [-0.25, -0.2) is 9.31 Å². The van der Waals surface area contributed by atoms with Gasteiger partial charge in [0.25, 0.3) is 11.4 Å². The topological polar surface area (TPSA) is 119 Å². The monoisotopic (exact) mass is 524 g/mol. The van der Waals surface area contributed by atoms with Gasteiger partial charge in [-0.3, -0.25) is 4.79 Å². The number of nitrogens with zero attached hydrogens (tertiary/aromatic N) is 5. The van der Waals surface area contributed by atoms with Gasteiger partial charge in [0.15, 0.2) is 5.82 Å². The molecule has 1 N–H and O–H groups in total. The normalized spacial score (nSPS) is 14.9. The summed E-state index contributed by atoms with van der Waals surface area (Å²) in [6, 6.07) is 9.02. The molecule has 0 radical (unpaired) electrons. The van der Waals surface area contributed by atoms with Gasteiger partial charge >= 0.3 is 6.09 Å². The molecule has 10 nitrogen and oxygen atoms in total. The van der Waals surface area contributed by atoms with Gasteiger partial charge < -0.3 is 19.1 Å². The minimum Gasteiger partial charge on any atom is -0.443 e. The van der Waals surface area contributed by atoms with E-state index >= 15 is 0 Å². The van der Waals surface area contributed by atoms with E-state index in [1.807, 2.05) is 45.0 Å². The van der Waals surface area contributed by atoms with Gasteiger partial charge in [0.1, 0.15) is 16.8 Å². The highest BCUT2D eigenvalue weighted by atomic mass is 35.5. The van der Waals surface area contributed by atoms with Crippen molar-refractivity contribution in [1.29, 1.82) is 0 Å². The summed E-state index contributed by atoms with van der Waals surface area (Å²) in [6.45, 7) is 6.89. The van der Waals surface area contributed by atoms with Crippen LogP contribution in [0.4, 0.5) is 4.79 Å². The fourth-order valence-electron chi connectivity index (χ4n) is 4.41. The van der Waals surface area contributed by atoms with Crippen LogP contribution < -0.4 is 5.56 Å². The first-order chi connectivity index (χ1) is 17.7. The molecule has 0 atom stereocenters. The number of carbonyl (C=O) groups is 1. The average Bonchev–Trinajstić information content (AvgIpc) is 3.51. The number of aromatic amines is 1. The van der Waals surface area contributed by atoms with Crippen molar-refractivity contribution in [3.8, 4) is 11.5 Å². The molecule has 4 aromatic rings. The Kier molecular flexibility index (Phi) is 6.76. The van der Waals surface area contributed by atoms with Gasteiger partial charge in [0, 0.05) is 36.5 Å². The van der Waals surface area contributed by atoms with Gasteiger partial charge in [-0.05, 0) is 50.8 Å². The molecular formula is C26H29ClN6O4. The molecule has 1 aliphatic heterocycles. The van der Waals surface area contributed by atoms with Crippen LogP contribution in [0.15, 0.2) is 45.8 Å². The SMILES string of the molecule is CCC(C)(C)OC(=O)N1CCC(c2cc(=O)[nH]c3c(-c4nc(Cc5ccc(Cl)cc5)no4)cnn23)CC1. The largest absolute Gasteiger partial charge is 0.443 e. The number of likely N-dealkylation sites (tertiary alicyclic amines) is 1. The predicted molar refractivity (Wildman–Crippen MR) is 138 cm³/mol. The number of benzene rings is 1. The van der Waals surface area contributed by atoms with E-state index in [2.05, 4.69) is 20.2 Å². The number of piperidine rings is 1. The van der Waals surface area contributed by atoms with Gasteiger partial charge in [0.2, 0.25) is 0 Å². The maximum Gasteiger partial charge on any atom is 0.410 e. The molecule has 37 heavy (non-hydrogen) atoms. The maximum absolute atomic E-state index is 12.6. The number of hydrogen-bond donors (Lipinski definition) is 1. The Labute approximate surface area is 218 Å². The van der Waals surface area contributed by atoms with Crippen molar-refractivity contribution in [2.75, 3.05) is 13.1 Å². The third kappa shape index (κ3) is 5.39. The highest BCUT2D eigenvalue weighted by Crippen LogP contribution is 2.30. The lowest BCUT2D eigenvalue weighted by Crippen LogP contribution is -2.42. The Hall–Kier alpha value is -3.66. The number of H-pyrrole nitrogens is 1. The Balaban J connectivity index is 1.34. The molecule has 0 aliphatic carbocycles. The zero-order valence-corrected chi connectivity index (χ0v) is 21.8. The second-order valence-corrected chi connectivity index (χ2v) is 10.4. The van der Waals surface area contributed by atoms with Crippen LogP contribution in [0.5, 0.6) is 0 Å². The number of halogens is 1. The summed E-state index contributed by atoms with van der Waals surface area (Å²) < 4.78 is 12.9. The molecule has 4 heterocycles. The van der Waals surface area contributed by atoms with Crippen LogP contribution in [0, 0.1) is 0 Å². The van der Waals surface area contributed by atoms with Crippen LogP contribution in [0.3, 0.4) is 0 Å². The second-order valence-electron chi connectivity index (χ2n) is 9.94. The van der Waals surface area contributed by atoms with E-state index in [1.54, 1.807) is 21.7 Å². The van der Waals surface area contributed by atoms with Crippen molar-refractivity contribution in [3.63, 3.8) is 0 Å². The number of carbonyl (C=O) groups excluding carboxylic acids is 1. The molecule has 0 unspecified atom stereocenters. The molecule has 5 rings (SSSR count). The van der Waals surface area contributed by atoms with Crippen LogP contribution in [0.1, 0.15) is 63.0 Å². The summed E-state index contributed by atoms with van der Waals surface area (Å²) in [4.78, 5) is 34.3. The number of nitrogens with one attached hydrogen (secondary N) is 1. The molecule has 11 heteroatoms. The van der Waals surface area contributed by atoms with E-state index in [4.69, 9.17) is 20.9 Å². The van der Waals surface area contributed by atoms with E-state index < -0.39 is 5.60 Å². The number of hydrogen-bond acceptors (Lipinski definition) is 7. The highest BCUT2D eigenvalue weighted by Gasteiger charge is 2.30. The summed E-state index contributed by atoms with van der Waals surface area (Å²) in [7, 11) is 0. The van der Waals surface area contributed by atoms with Gasteiger partial charge in [0.05, 0.1) is 11.9 Å². The van der Waals surface area contributed by atoms with Gasteiger partial charge in [-0.2, -0.15) is 10.1 Å². The van der Waals surface area contributed by atoms with Crippen LogP contribution in [0.25, 0.3) is 17.1 Å². The van der Waals surface area contributed by atoms with Crippen molar-refractivity contribution in [2.45, 2.75) is 58.0 Å². The first-order valence-corrected chi connectivity index (χ1v) is 12.8.